The SMILES string of the molecule is COc1cc(OC)cc([C@@H]2C[C@H]3CN(Cc4ccccc4OC)C(=O)[C@]34CCCN24)c1. The van der Waals surface area contributed by atoms with E-state index >= 15 is 0 Å². The number of para-hydroxylation sites is 1. The van der Waals surface area contributed by atoms with Crippen molar-refractivity contribution in [3.8, 4) is 17.2 Å². The smallest absolute Gasteiger partial charge is 0.243 e. The number of benzene rings is 2. The molecule has 0 aliphatic carbocycles. The fraction of sp³-hybridized carbons (Fsp3) is 0.480. The highest BCUT2D eigenvalue weighted by molar-refractivity contribution is 5.90. The third-order valence-corrected chi connectivity index (χ3v) is 7.44. The van der Waals surface area contributed by atoms with Gasteiger partial charge in [-0.25, -0.2) is 0 Å². The zero-order chi connectivity index (χ0) is 21.6. The third-order valence-electron chi connectivity index (χ3n) is 7.44. The second-order valence-electron chi connectivity index (χ2n) is 8.81. The second-order valence-corrected chi connectivity index (χ2v) is 8.81. The molecule has 3 aliphatic rings. The summed E-state index contributed by atoms with van der Waals surface area (Å²) >= 11 is 0. The summed E-state index contributed by atoms with van der Waals surface area (Å²) < 4.78 is 16.5. The van der Waals surface area contributed by atoms with Gasteiger partial charge in [0.05, 0.1) is 21.3 Å². The molecule has 2 aromatic carbocycles. The summed E-state index contributed by atoms with van der Waals surface area (Å²) in [6, 6.07) is 14.3. The Hall–Kier alpha value is -2.73. The lowest BCUT2D eigenvalue weighted by Crippen LogP contribution is -2.49. The molecular formula is C25H30N2O4. The minimum atomic E-state index is -0.372. The van der Waals surface area contributed by atoms with E-state index in [1.165, 1.54) is 5.56 Å². The first-order valence-corrected chi connectivity index (χ1v) is 11.0. The van der Waals surface area contributed by atoms with Gasteiger partial charge in [0.2, 0.25) is 5.91 Å². The van der Waals surface area contributed by atoms with Gasteiger partial charge in [0.1, 0.15) is 22.8 Å². The normalized spacial score (nSPS) is 27.3. The maximum Gasteiger partial charge on any atom is 0.243 e. The maximum absolute atomic E-state index is 13.8. The van der Waals surface area contributed by atoms with E-state index in [9.17, 15) is 4.79 Å². The van der Waals surface area contributed by atoms with Gasteiger partial charge in [-0.2, -0.15) is 0 Å². The van der Waals surface area contributed by atoms with Gasteiger partial charge in [0.25, 0.3) is 0 Å². The lowest BCUT2D eigenvalue weighted by atomic mass is 9.85. The van der Waals surface area contributed by atoms with Gasteiger partial charge in [-0.3, -0.25) is 9.69 Å². The van der Waals surface area contributed by atoms with E-state index in [0.717, 1.165) is 55.2 Å². The Morgan fingerprint density at radius 3 is 2.48 bits per heavy atom. The van der Waals surface area contributed by atoms with Crippen molar-refractivity contribution in [2.75, 3.05) is 34.4 Å². The quantitative estimate of drug-likeness (QED) is 0.711. The predicted molar refractivity (Wildman–Crippen MR) is 117 cm³/mol. The molecule has 0 aromatic heterocycles. The number of methoxy groups -OCH3 is 3. The summed E-state index contributed by atoms with van der Waals surface area (Å²) in [6.07, 6.45) is 2.98. The summed E-state index contributed by atoms with van der Waals surface area (Å²) in [5.41, 5.74) is 1.87. The summed E-state index contributed by atoms with van der Waals surface area (Å²) in [7, 11) is 5.04. The first-order valence-electron chi connectivity index (χ1n) is 11.0. The van der Waals surface area contributed by atoms with Crippen LogP contribution in [0, 0.1) is 5.92 Å². The molecule has 3 heterocycles. The topological polar surface area (TPSA) is 51.2 Å². The molecule has 31 heavy (non-hydrogen) atoms. The molecule has 0 N–H and O–H groups in total. The van der Waals surface area contributed by atoms with Crippen LogP contribution in [-0.4, -0.2) is 55.7 Å². The molecule has 3 atom stereocenters. The highest BCUT2D eigenvalue weighted by atomic mass is 16.5. The van der Waals surface area contributed by atoms with Crippen molar-refractivity contribution in [2.45, 2.75) is 37.4 Å². The van der Waals surface area contributed by atoms with E-state index < -0.39 is 0 Å². The van der Waals surface area contributed by atoms with Gasteiger partial charge in [-0.1, -0.05) is 18.2 Å². The number of likely N-dealkylation sites (tertiary alicyclic amines) is 1. The summed E-state index contributed by atoms with van der Waals surface area (Å²) in [5.74, 6) is 3.04. The number of hydrogen-bond donors (Lipinski definition) is 0. The van der Waals surface area contributed by atoms with Crippen LogP contribution in [0.3, 0.4) is 0 Å². The fourth-order valence-corrected chi connectivity index (χ4v) is 6.09. The van der Waals surface area contributed by atoms with Crippen LogP contribution in [0.15, 0.2) is 42.5 Å². The molecule has 0 radical (unpaired) electrons. The van der Waals surface area contributed by atoms with E-state index in [1.807, 2.05) is 29.2 Å². The molecule has 6 heteroatoms. The Balaban J connectivity index is 1.44. The van der Waals surface area contributed by atoms with Crippen LogP contribution < -0.4 is 14.2 Å². The number of hydrogen-bond acceptors (Lipinski definition) is 5. The van der Waals surface area contributed by atoms with Crippen LogP contribution in [-0.2, 0) is 11.3 Å². The predicted octanol–water partition coefficient (Wildman–Crippen LogP) is 3.65. The zero-order valence-corrected chi connectivity index (χ0v) is 18.5. The van der Waals surface area contributed by atoms with Gasteiger partial charge in [0.15, 0.2) is 0 Å². The maximum atomic E-state index is 13.8. The number of nitrogens with zero attached hydrogens (tertiary/aromatic N) is 2. The first-order chi connectivity index (χ1) is 15.1. The number of ether oxygens (including phenoxy) is 3. The molecule has 2 aromatic rings. The number of carbonyl (C=O) groups is 1. The fourth-order valence-electron chi connectivity index (χ4n) is 6.09. The average molecular weight is 423 g/mol. The molecule has 6 nitrogen and oxygen atoms in total. The van der Waals surface area contributed by atoms with Gasteiger partial charge in [-0.15, -0.1) is 0 Å². The van der Waals surface area contributed by atoms with Crippen LogP contribution in [0.1, 0.15) is 36.4 Å². The minimum Gasteiger partial charge on any atom is -0.497 e. The van der Waals surface area contributed by atoms with Crippen LogP contribution in [0.25, 0.3) is 0 Å². The highest BCUT2D eigenvalue weighted by Crippen LogP contribution is 2.56. The lowest BCUT2D eigenvalue weighted by molar-refractivity contribution is -0.137. The Morgan fingerprint density at radius 2 is 1.77 bits per heavy atom. The van der Waals surface area contributed by atoms with Gasteiger partial charge in [0, 0.05) is 36.7 Å². The minimum absolute atomic E-state index is 0.217. The van der Waals surface area contributed by atoms with Crippen molar-refractivity contribution < 1.29 is 19.0 Å². The molecule has 5 rings (SSSR count). The van der Waals surface area contributed by atoms with Crippen LogP contribution in [0.2, 0.25) is 0 Å². The molecule has 0 bridgehead atoms. The lowest BCUT2D eigenvalue weighted by Gasteiger charge is -2.34. The van der Waals surface area contributed by atoms with Crippen LogP contribution >= 0.6 is 0 Å². The summed E-state index contributed by atoms with van der Waals surface area (Å²) in [6.45, 7) is 2.35. The number of amides is 1. The van der Waals surface area contributed by atoms with E-state index in [4.69, 9.17) is 14.2 Å². The standard InChI is InChI=1S/C25H30N2O4/c1-29-20-11-18(12-21(14-20)30-2)22-13-19-16-26(15-17-7-4-5-8-23(17)31-3)24(28)25(19)9-6-10-27(22)25/h4-5,7-8,11-12,14,19,22H,6,9-10,13,15-16H2,1-3H3/t19-,22-,25-/m0/s1. The Kier molecular flexibility index (Phi) is 5.05. The van der Waals surface area contributed by atoms with Crippen molar-refractivity contribution in [1.29, 1.82) is 0 Å². The largest absolute Gasteiger partial charge is 0.497 e. The molecule has 1 spiro atoms. The summed E-state index contributed by atoms with van der Waals surface area (Å²) in [5, 5.41) is 0. The van der Waals surface area contributed by atoms with E-state index in [2.05, 4.69) is 23.1 Å². The van der Waals surface area contributed by atoms with Crippen molar-refractivity contribution in [1.82, 2.24) is 9.80 Å². The Morgan fingerprint density at radius 1 is 1.03 bits per heavy atom. The number of rotatable bonds is 6. The van der Waals surface area contributed by atoms with Crippen LogP contribution in [0.4, 0.5) is 0 Å². The molecule has 3 saturated heterocycles. The Labute approximate surface area is 183 Å². The van der Waals surface area contributed by atoms with Gasteiger partial charge < -0.3 is 19.1 Å². The molecule has 0 saturated carbocycles. The third kappa shape index (κ3) is 3.07. The molecule has 1 amide bonds. The first kappa shape index (κ1) is 20.2. The molecular weight excluding hydrogens is 392 g/mol. The van der Waals surface area contributed by atoms with Gasteiger partial charge >= 0.3 is 0 Å². The van der Waals surface area contributed by atoms with Crippen LogP contribution in [0.5, 0.6) is 17.2 Å². The Bertz CT molecular complexity index is 971. The average Bonchev–Trinajstić information content (AvgIpc) is 3.44. The molecule has 3 fully saturated rings. The van der Waals surface area contributed by atoms with Crippen molar-refractivity contribution in [2.24, 2.45) is 5.92 Å². The van der Waals surface area contributed by atoms with Crippen molar-refractivity contribution >= 4 is 5.91 Å². The molecule has 0 unspecified atom stereocenters. The monoisotopic (exact) mass is 422 g/mol. The number of carbonyl (C=O) groups excluding carboxylic acids is 1. The van der Waals surface area contributed by atoms with Gasteiger partial charge in [-0.05, 0) is 49.6 Å². The van der Waals surface area contributed by atoms with Crippen molar-refractivity contribution in [3.63, 3.8) is 0 Å². The van der Waals surface area contributed by atoms with E-state index in [1.54, 1.807) is 21.3 Å². The van der Waals surface area contributed by atoms with E-state index in [-0.39, 0.29) is 17.5 Å². The highest BCUT2D eigenvalue weighted by Gasteiger charge is 2.65. The van der Waals surface area contributed by atoms with Crippen molar-refractivity contribution in [3.05, 3.63) is 53.6 Å². The zero-order valence-electron chi connectivity index (χ0n) is 18.5. The molecule has 164 valence electrons. The summed E-state index contributed by atoms with van der Waals surface area (Å²) in [4.78, 5) is 18.3. The second kappa shape index (κ2) is 7.75. The molecule has 3 aliphatic heterocycles. The van der Waals surface area contributed by atoms with E-state index in [0.29, 0.717) is 12.5 Å².